The summed E-state index contributed by atoms with van der Waals surface area (Å²) in [5, 5.41) is 0.960. The molecule has 0 spiro atoms. The molecule has 2 nitrogen and oxygen atoms in total. The van der Waals surface area contributed by atoms with E-state index in [9.17, 15) is 0 Å². The Hall–Kier alpha value is -0.440. The fraction of sp³-hybridized carbons (Fsp3) is 0.533. The number of imidazole rings is 1. The molecule has 0 N–H and O–H groups in total. The van der Waals surface area contributed by atoms with Gasteiger partial charge in [0.15, 0.2) is 0 Å². The maximum absolute atomic E-state index is 6.31. The van der Waals surface area contributed by atoms with Crippen LogP contribution in [0, 0.1) is 5.92 Å². The monoisotopic (exact) mass is 330 g/mol. The quantitative estimate of drug-likeness (QED) is 0.628. The number of hydrogen-bond acceptors (Lipinski definition) is 1. The SMILES string of the molecule is CC(Cl)c1nc2cc(Cl)c(Cl)cc2n1C(C)CC1CC1. The summed E-state index contributed by atoms with van der Waals surface area (Å²) < 4.78 is 2.23. The topological polar surface area (TPSA) is 17.8 Å². The van der Waals surface area contributed by atoms with Gasteiger partial charge < -0.3 is 4.57 Å². The minimum Gasteiger partial charge on any atom is -0.324 e. The van der Waals surface area contributed by atoms with Gasteiger partial charge in [-0.25, -0.2) is 4.98 Å². The second-order valence-electron chi connectivity index (χ2n) is 5.74. The van der Waals surface area contributed by atoms with Crippen LogP contribution in [0.4, 0.5) is 0 Å². The fourth-order valence-electron chi connectivity index (χ4n) is 2.79. The lowest BCUT2D eigenvalue weighted by Gasteiger charge is -2.18. The number of benzene rings is 1. The molecule has 108 valence electrons. The van der Waals surface area contributed by atoms with Gasteiger partial charge >= 0.3 is 0 Å². The van der Waals surface area contributed by atoms with Crippen molar-refractivity contribution in [2.24, 2.45) is 5.92 Å². The first-order chi connectivity index (χ1) is 9.47. The van der Waals surface area contributed by atoms with Crippen molar-refractivity contribution < 1.29 is 0 Å². The van der Waals surface area contributed by atoms with Crippen molar-refractivity contribution in [2.75, 3.05) is 0 Å². The molecule has 3 rings (SSSR count). The van der Waals surface area contributed by atoms with E-state index >= 15 is 0 Å². The predicted molar refractivity (Wildman–Crippen MR) is 86.1 cm³/mol. The van der Waals surface area contributed by atoms with Crippen molar-refractivity contribution in [3.63, 3.8) is 0 Å². The van der Waals surface area contributed by atoms with Crippen LogP contribution >= 0.6 is 34.8 Å². The molecule has 0 aliphatic heterocycles. The zero-order valence-corrected chi connectivity index (χ0v) is 13.8. The summed E-state index contributed by atoms with van der Waals surface area (Å²) in [7, 11) is 0. The van der Waals surface area contributed by atoms with Crippen LogP contribution in [-0.4, -0.2) is 9.55 Å². The maximum atomic E-state index is 6.31. The highest BCUT2D eigenvalue weighted by Crippen LogP contribution is 2.40. The molecule has 0 saturated heterocycles. The average molecular weight is 332 g/mol. The van der Waals surface area contributed by atoms with Crippen molar-refractivity contribution in [1.29, 1.82) is 0 Å². The third-order valence-electron chi connectivity index (χ3n) is 3.93. The highest BCUT2D eigenvalue weighted by atomic mass is 35.5. The lowest BCUT2D eigenvalue weighted by Crippen LogP contribution is -2.10. The van der Waals surface area contributed by atoms with Gasteiger partial charge in [-0.05, 0) is 38.3 Å². The summed E-state index contributed by atoms with van der Waals surface area (Å²) in [6.07, 6.45) is 3.85. The molecule has 1 aliphatic carbocycles. The standard InChI is InChI=1S/C15H17Cl3N2/c1-8(5-10-3-4-10)20-14-7-12(18)11(17)6-13(14)19-15(20)9(2)16/h6-10H,3-5H2,1-2H3. The van der Waals surface area contributed by atoms with Gasteiger partial charge in [-0.3, -0.25) is 0 Å². The Labute approximate surface area is 134 Å². The van der Waals surface area contributed by atoms with Crippen LogP contribution in [0.25, 0.3) is 11.0 Å². The molecule has 1 aliphatic rings. The number of halogens is 3. The summed E-state index contributed by atoms with van der Waals surface area (Å²) in [5.74, 6) is 1.75. The highest BCUT2D eigenvalue weighted by molar-refractivity contribution is 6.42. The molecule has 20 heavy (non-hydrogen) atoms. The van der Waals surface area contributed by atoms with Crippen molar-refractivity contribution in [1.82, 2.24) is 9.55 Å². The molecule has 5 heteroatoms. The minimum atomic E-state index is -0.137. The molecule has 2 unspecified atom stereocenters. The minimum absolute atomic E-state index is 0.137. The maximum Gasteiger partial charge on any atom is 0.127 e. The van der Waals surface area contributed by atoms with E-state index in [1.165, 1.54) is 19.3 Å². The summed E-state index contributed by atoms with van der Waals surface area (Å²) in [6.45, 7) is 4.18. The number of rotatable bonds is 4. The first-order valence-electron chi connectivity index (χ1n) is 6.98. The van der Waals surface area contributed by atoms with Gasteiger partial charge in [-0.1, -0.05) is 36.0 Å². The summed E-state index contributed by atoms with van der Waals surface area (Å²) in [5.41, 5.74) is 1.89. The number of aromatic nitrogens is 2. The lowest BCUT2D eigenvalue weighted by atomic mass is 10.1. The highest BCUT2D eigenvalue weighted by Gasteiger charge is 2.27. The second-order valence-corrected chi connectivity index (χ2v) is 7.21. The third kappa shape index (κ3) is 2.66. The van der Waals surface area contributed by atoms with Crippen LogP contribution in [0.2, 0.25) is 10.0 Å². The number of hydrogen-bond donors (Lipinski definition) is 0. The normalized spacial score (nSPS) is 18.4. The van der Waals surface area contributed by atoms with E-state index in [0.717, 1.165) is 22.8 Å². The van der Waals surface area contributed by atoms with Crippen molar-refractivity contribution in [2.45, 2.75) is 44.5 Å². The van der Waals surface area contributed by atoms with Gasteiger partial charge in [0.25, 0.3) is 0 Å². The van der Waals surface area contributed by atoms with Crippen LogP contribution < -0.4 is 0 Å². The Morgan fingerprint density at radius 2 is 1.90 bits per heavy atom. The van der Waals surface area contributed by atoms with Crippen LogP contribution in [0.5, 0.6) is 0 Å². The third-order valence-corrected chi connectivity index (χ3v) is 4.84. The molecule has 0 radical (unpaired) electrons. The van der Waals surface area contributed by atoms with Crippen LogP contribution in [-0.2, 0) is 0 Å². The van der Waals surface area contributed by atoms with Crippen molar-refractivity contribution in [3.05, 3.63) is 28.0 Å². The average Bonchev–Trinajstić information content (AvgIpc) is 3.10. The molecule has 2 aromatic rings. The summed E-state index contributed by atoms with van der Waals surface area (Å²) in [6, 6.07) is 4.10. The second kappa shape index (κ2) is 5.40. The Morgan fingerprint density at radius 3 is 2.50 bits per heavy atom. The van der Waals surface area contributed by atoms with Crippen LogP contribution in [0.3, 0.4) is 0 Å². The largest absolute Gasteiger partial charge is 0.324 e. The van der Waals surface area contributed by atoms with Gasteiger partial charge in [0.1, 0.15) is 5.82 Å². The van der Waals surface area contributed by atoms with Crippen LogP contribution in [0.15, 0.2) is 12.1 Å². The Bertz CT molecular complexity index is 644. The van der Waals surface area contributed by atoms with Gasteiger partial charge in [0.2, 0.25) is 0 Å². The Kier molecular flexibility index (Phi) is 3.91. The molecule has 1 heterocycles. The lowest BCUT2D eigenvalue weighted by molar-refractivity contribution is 0.472. The van der Waals surface area contributed by atoms with E-state index in [4.69, 9.17) is 34.8 Å². The van der Waals surface area contributed by atoms with E-state index in [-0.39, 0.29) is 5.38 Å². The van der Waals surface area contributed by atoms with Gasteiger partial charge in [-0.15, -0.1) is 11.6 Å². The van der Waals surface area contributed by atoms with E-state index in [1.54, 1.807) is 0 Å². The predicted octanol–water partition coefficient (Wildman–Crippen LogP) is 6.00. The molecule has 1 saturated carbocycles. The number of fused-ring (bicyclic) bond motifs is 1. The van der Waals surface area contributed by atoms with E-state index in [1.807, 2.05) is 19.1 Å². The van der Waals surface area contributed by atoms with E-state index in [2.05, 4.69) is 16.5 Å². The van der Waals surface area contributed by atoms with Crippen LogP contribution in [0.1, 0.15) is 50.4 Å². The number of nitrogens with zero attached hydrogens (tertiary/aromatic N) is 2. The van der Waals surface area contributed by atoms with Gasteiger partial charge in [-0.2, -0.15) is 0 Å². The molecule has 0 amide bonds. The Balaban J connectivity index is 2.14. The van der Waals surface area contributed by atoms with Crippen molar-refractivity contribution >= 4 is 45.8 Å². The van der Waals surface area contributed by atoms with Crippen molar-refractivity contribution in [3.8, 4) is 0 Å². The Morgan fingerprint density at radius 1 is 1.25 bits per heavy atom. The smallest absolute Gasteiger partial charge is 0.127 e. The molecule has 1 aromatic heterocycles. The number of alkyl halides is 1. The molecule has 1 aromatic carbocycles. The summed E-state index contributed by atoms with van der Waals surface area (Å²) >= 11 is 18.6. The molecule has 2 atom stereocenters. The molecule has 0 bridgehead atoms. The first-order valence-corrected chi connectivity index (χ1v) is 8.17. The molecular formula is C15H17Cl3N2. The van der Waals surface area contributed by atoms with E-state index in [0.29, 0.717) is 16.1 Å². The fourth-order valence-corrected chi connectivity index (χ4v) is 3.26. The van der Waals surface area contributed by atoms with Gasteiger partial charge in [0, 0.05) is 6.04 Å². The molecule has 1 fully saturated rings. The van der Waals surface area contributed by atoms with E-state index < -0.39 is 0 Å². The zero-order valence-electron chi connectivity index (χ0n) is 11.5. The summed E-state index contributed by atoms with van der Waals surface area (Å²) in [4.78, 5) is 4.65. The van der Waals surface area contributed by atoms with Gasteiger partial charge in [0.05, 0.1) is 26.5 Å². The molecular weight excluding hydrogens is 315 g/mol. The first kappa shape index (κ1) is 14.5. The zero-order chi connectivity index (χ0) is 14.4.